The lowest BCUT2D eigenvalue weighted by molar-refractivity contribution is -0.116. The van der Waals surface area contributed by atoms with Crippen molar-refractivity contribution in [2.75, 3.05) is 0 Å². The standard InChI is InChI=1S/C13H18N2O/c1-9(16)8-13-14-11-4-2-3-5-12(11)15(13)10-6-7-10/h10H,2-8H2,1H3. The number of carbonyl (C=O) groups is 1. The molecule has 0 bridgehead atoms. The predicted octanol–water partition coefficient (Wildman–Crippen LogP) is 2.23. The van der Waals surface area contributed by atoms with Gasteiger partial charge < -0.3 is 4.57 Å². The van der Waals surface area contributed by atoms with Crippen LogP contribution in [0.5, 0.6) is 0 Å². The van der Waals surface area contributed by atoms with Gasteiger partial charge >= 0.3 is 0 Å². The van der Waals surface area contributed by atoms with Crippen LogP contribution < -0.4 is 0 Å². The molecular formula is C13H18N2O. The summed E-state index contributed by atoms with van der Waals surface area (Å²) in [4.78, 5) is 16.0. The maximum atomic E-state index is 11.3. The van der Waals surface area contributed by atoms with Crippen molar-refractivity contribution in [3.05, 3.63) is 17.2 Å². The molecule has 1 aromatic rings. The first-order valence-corrected chi connectivity index (χ1v) is 6.34. The van der Waals surface area contributed by atoms with Crippen molar-refractivity contribution < 1.29 is 4.79 Å². The number of rotatable bonds is 3. The molecule has 2 aliphatic carbocycles. The summed E-state index contributed by atoms with van der Waals surface area (Å²) in [6, 6.07) is 0.656. The number of Topliss-reactive ketones (excluding diaryl/α,β-unsaturated/α-hetero) is 1. The highest BCUT2D eigenvalue weighted by Gasteiger charge is 2.31. The number of aromatic nitrogens is 2. The van der Waals surface area contributed by atoms with Gasteiger partial charge in [0.15, 0.2) is 0 Å². The Morgan fingerprint density at radius 3 is 2.81 bits per heavy atom. The Morgan fingerprint density at radius 2 is 2.12 bits per heavy atom. The molecule has 3 heteroatoms. The van der Waals surface area contributed by atoms with Crippen LogP contribution in [0.2, 0.25) is 0 Å². The number of ketones is 1. The van der Waals surface area contributed by atoms with E-state index in [-0.39, 0.29) is 5.78 Å². The molecule has 1 heterocycles. The van der Waals surface area contributed by atoms with E-state index in [0.717, 1.165) is 18.7 Å². The van der Waals surface area contributed by atoms with Crippen LogP contribution in [0.3, 0.4) is 0 Å². The minimum Gasteiger partial charge on any atom is -0.328 e. The zero-order valence-corrected chi connectivity index (χ0v) is 9.83. The fourth-order valence-electron chi connectivity index (χ4n) is 2.73. The summed E-state index contributed by atoms with van der Waals surface area (Å²) >= 11 is 0. The third-order valence-electron chi connectivity index (χ3n) is 3.56. The third kappa shape index (κ3) is 1.68. The second-order valence-corrected chi connectivity index (χ2v) is 5.11. The smallest absolute Gasteiger partial charge is 0.137 e. The summed E-state index contributed by atoms with van der Waals surface area (Å²) in [5.41, 5.74) is 2.71. The molecule has 0 N–H and O–H groups in total. The molecule has 1 saturated carbocycles. The van der Waals surface area contributed by atoms with Crippen LogP contribution in [0.25, 0.3) is 0 Å². The van der Waals surface area contributed by atoms with Crippen molar-refractivity contribution in [2.24, 2.45) is 0 Å². The topological polar surface area (TPSA) is 34.9 Å². The second-order valence-electron chi connectivity index (χ2n) is 5.11. The Labute approximate surface area is 95.9 Å². The van der Waals surface area contributed by atoms with E-state index in [1.807, 2.05) is 0 Å². The lowest BCUT2D eigenvalue weighted by Crippen LogP contribution is -2.10. The molecule has 1 fully saturated rings. The first-order valence-electron chi connectivity index (χ1n) is 6.34. The third-order valence-corrected chi connectivity index (χ3v) is 3.56. The van der Waals surface area contributed by atoms with E-state index in [1.54, 1.807) is 6.92 Å². The molecule has 0 unspecified atom stereocenters. The summed E-state index contributed by atoms with van der Waals surface area (Å²) in [7, 11) is 0. The zero-order chi connectivity index (χ0) is 11.1. The highest BCUT2D eigenvalue weighted by molar-refractivity contribution is 5.77. The van der Waals surface area contributed by atoms with E-state index < -0.39 is 0 Å². The first-order chi connectivity index (χ1) is 7.75. The highest BCUT2D eigenvalue weighted by Crippen LogP contribution is 2.39. The summed E-state index contributed by atoms with van der Waals surface area (Å²) < 4.78 is 2.38. The van der Waals surface area contributed by atoms with Gasteiger partial charge in [0.2, 0.25) is 0 Å². The fraction of sp³-hybridized carbons (Fsp3) is 0.692. The Hall–Kier alpha value is -1.12. The number of imidazole rings is 1. The number of fused-ring (bicyclic) bond motifs is 1. The molecule has 2 aliphatic rings. The maximum absolute atomic E-state index is 11.3. The van der Waals surface area contributed by atoms with Crippen LogP contribution in [0.15, 0.2) is 0 Å². The quantitative estimate of drug-likeness (QED) is 0.779. The Bertz CT molecular complexity index is 429. The molecule has 86 valence electrons. The van der Waals surface area contributed by atoms with E-state index in [0.29, 0.717) is 12.5 Å². The number of carbonyl (C=O) groups excluding carboxylic acids is 1. The Kier molecular flexibility index (Phi) is 2.34. The molecular weight excluding hydrogens is 200 g/mol. The van der Waals surface area contributed by atoms with E-state index in [4.69, 9.17) is 4.98 Å². The van der Waals surface area contributed by atoms with Crippen LogP contribution in [0.4, 0.5) is 0 Å². The van der Waals surface area contributed by atoms with Crippen molar-refractivity contribution in [3.63, 3.8) is 0 Å². The van der Waals surface area contributed by atoms with Gasteiger partial charge in [-0.05, 0) is 45.4 Å². The van der Waals surface area contributed by atoms with Crippen molar-refractivity contribution in [3.8, 4) is 0 Å². The Morgan fingerprint density at radius 1 is 1.38 bits per heavy atom. The van der Waals surface area contributed by atoms with E-state index in [2.05, 4.69) is 4.57 Å². The molecule has 0 saturated heterocycles. The molecule has 1 aromatic heterocycles. The summed E-state index contributed by atoms with van der Waals surface area (Å²) in [6.07, 6.45) is 7.88. The van der Waals surface area contributed by atoms with Gasteiger partial charge in [0.1, 0.15) is 11.6 Å². The molecule has 0 spiro atoms. The molecule has 0 atom stereocenters. The number of nitrogens with zero attached hydrogens (tertiary/aromatic N) is 2. The fourth-order valence-corrected chi connectivity index (χ4v) is 2.73. The van der Waals surface area contributed by atoms with Crippen molar-refractivity contribution >= 4 is 5.78 Å². The molecule has 0 aliphatic heterocycles. The van der Waals surface area contributed by atoms with Gasteiger partial charge in [-0.15, -0.1) is 0 Å². The molecule has 3 rings (SSSR count). The number of hydrogen-bond acceptors (Lipinski definition) is 2. The van der Waals surface area contributed by atoms with Crippen LogP contribution in [0, 0.1) is 0 Å². The molecule has 16 heavy (non-hydrogen) atoms. The molecule has 0 radical (unpaired) electrons. The summed E-state index contributed by atoms with van der Waals surface area (Å²) in [5.74, 6) is 1.26. The van der Waals surface area contributed by atoms with Crippen LogP contribution >= 0.6 is 0 Å². The van der Waals surface area contributed by atoms with E-state index in [1.165, 1.54) is 37.1 Å². The van der Waals surface area contributed by atoms with Crippen LogP contribution in [-0.2, 0) is 24.1 Å². The SMILES string of the molecule is CC(=O)Cc1nc2c(n1C1CC1)CCCC2. The van der Waals surface area contributed by atoms with Gasteiger partial charge in [0, 0.05) is 11.7 Å². The van der Waals surface area contributed by atoms with Gasteiger partial charge in [0.25, 0.3) is 0 Å². The van der Waals surface area contributed by atoms with Gasteiger partial charge in [0.05, 0.1) is 12.1 Å². The van der Waals surface area contributed by atoms with Gasteiger partial charge in [-0.25, -0.2) is 4.98 Å². The van der Waals surface area contributed by atoms with Crippen molar-refractivity contribution in [1.82, 2.24) is 9.55 Å². The van der Waals surface area contributed by atoms with Crippen molar-refractivity contribution in [2.45, 2.75) is 57.9 Å². The van der Waals surface area contributed by atoms with Gasteiger partial charge in [-0.3, -0.25) is 4.79 Å². The molecule has 0 aromatic carbocycles. The predicted molar refractivity (Wildman–Crippen MR) is 61.5 cm³/mol. The van der Waals surface area contributed by atoms with Crippen molar-refractivity contribution in [1.29, 1.82) is 0 Å². The average Bonchev–Trinajstić information content (AvgIpc) is 3.00. The Balaban J connectivity index is 2.01. The second kappa shape index (κ2) is 3.72. The molecule has 3 nitrogen and oxygen atoms in total. The highest BCUT2D eigenvalue weighted by atomic mass is 16.1. The largest absolute Gasteiger partial charge is 0.328 e. The monoisotopic (exact) mass is 218 g/mol. The summed E-state index contributed by atoms with van der Waals surface area (Å²) in [5, 5.41) is 0. The maximum Gasteiger partial charge on any atom is 0.137 e. The first kappa shape index (κ1) is 10.1. The minimum atomic E-state index is 0.226. The summed E-state index contributed by atoms with van der Waals surface area (Å²) in [6.45, 7) is 1.66. The van der Waals surface area contributed by atoms with Crippen LogP contribution in [0.1, 0.15) is 55.9 Å². The lowest BCUT2D eigenvalue weighted by atomic mass is 10.0. The average molecular weight is 218 g/mol. The zero-order valence-electron chi connectivity index (χ0n) is 9.83. The molecule has 0 amide bonds. The van der Waals surface area contributed by atoms with Gasteiger partial charge in [-0.1, -0.05) is 0 Å². The lowest BCUT2D eigenvalue weighted by Gasteiger charge is -2.14. The van der Waals surface area contributed by atoms with E-state index >= 15 is 0 Å². The van der Waals surface area contributed by atoms with Gasteiger partial charge in [-0.2, -0.15) is 0 Å². The number of aryl methyl sites for hydroxylation is 1. The minimum absolute atomic E-state index is 0.226. The number of hydrogen-bond donors (Lipinski definition) is 0. The van der Waals surface area contributed by atoms with E-state index in [9.17, 15) is 4.79 Å². The van der Waals surface area contributed by atoms with Crippen LogP contribution in [-0.4, -0.2) is 15.3 Å². The normalized spacial score (nSPS) is 19.6.